The molecule has 116 valence electrons. The lowest BCUT2D eigenvalue weighted by atomic mass is 9.86. The van der Waals surface area contributed by atoms with Gasteiger partial charge in [-0.1, -0.05) is 60.3 Å². The van der Waals surface area contributed by atoms with Gasteiger partial charge in [0.25, 0.3) is 0 Å². The van der Waals surface area contributed by atoms with Crippen LogP contribution in [0.15, 0.2) is 36.4 Å². The Hall–Kier alpha value is -0.730. The molecule has 2 unspecified atom stereocenters. The van der Waals surface area contributed by atoms with Gasteiger partial charge in [0.15, 0.2) is 0 Å². The van der Waals surface area contributed by atoms with Gasteiger partial charge in [0.05, 0.1) is 0 Å². The zero-order valence-corrected chi connectivity index (χ0v) is 15.1. The second-order valence-electron chi connectivity index (χ2n) is 5.18. The molecular formula is C17H14Cl4O. The zero-order chi connectivity index (χ0) is 16.4. The number of benzene rings is 2. The van der Waals surface area contributed by atoms with Gasteiger partial charge < -0.3 is 0 Å². The van der Waals surface area contributed by atoms with Gasteiger partial charge in [0.1, 0.15) is 5.78 Å². The number of halogens is 4. The lowest BCUT2D eigenvalue weighted by molar-refractivity contribution is -0.121. The molecule has 1 nitrogen and oxygen atoms in total. The molecule has 0 spiro atoms. The summed E-state index contributed by atoms with van der Waals surface area (Å²) >= 11 is 24.4. The first kappa shape index (κ1) is 17.6. The molecule has 2 atom stereocenters. The molecule has 2 aromatic rings. The molecule has 5 heteroatoms. The fourth-order valence-electron chi connectivity index (χ4n) is 2.37. The summed E-state index contributed by atoms with van der Waals surface area (Å²) in [5, 5.41) is 2.14. The van der Waals surface area contributed by atoms with Crippen molar-refractivity contribution in [3.05, 3.63) is 67.6 Å². The van der Waals surface area contributed by atoms with Crippen molar-refractivity contribution in [3.8, 4) is 0 Å². The van der Waals surface area contributed by atoms with Crippen LogP contribution in [-0.2, 0) is 4.79 Å². The molecule has 22 heavy (non-hydrogen) atoms. The predicted octanol–water partition coefficient (Wildman–Crippen LogP) is 6.78. The van der Waals surface area contributed by atoms with E-state index in [2.05, 4.69) is 0 Å². The van der Waals surface area contributed by atoms with Crippen LogP contribution in [0.1, 0.15) is 36.8 Å². The van der Waals surface area contributed by atoms with Crippen molar-refractivity contribution in [2.45, 2.75) is 25.7 Å². The fourth-order valence-corrected chi connectivity index (χ4v) is 3.30. The molecule has 2 rings (SSSR count). The van der Waals surface area contributed by atoms with Crippen molar-refractivity contribution in [2.24, 2.45) is 0 Å². The van der Waals surface area contributed by atoms with Gasteiger partial charge in [-0.3, -0.25) is 4.79 Å². The Kier molecular flexibility index (Phi) is 5.79. The van der Waals surface area contributed by atoms with Crippen LogP contribution in [0.3, 0.4) is 0 Å². The van der Waals surface area contributed by atoms with Crippen molar-refractivity contribution in [1.29, 1.82) is 0 Å². The molecular weight excluding hydrogens is 362 g/mol. The molecule has 0 saturated carbocycles. The molecule has 0 saturated heterocycles. The third kappa shape index (κ3) is 3.78. The van der Waals surface area contributed by atoms with Gasteiger partial charge in [-0.05, 0) is 47.5 Å². The van der Waals surface area contributed by atoms with Gasteiger partial charge in [0.2, 0.25) is 0 Å². The summed E-state index contributed by atoms with van der Waals surface area (Å²) in [4.78, 5) is 12.8. The Morgan fingerprint density at radius 1 is 0.773 bits per heavy atom. The number of carbonyl (C=O) groups excluding carboxylic acids is 1. The van der Waals surface area contributed by atoms with Crippen molar-refractivity contribution in [3.63, 3.8) is 0 Å². The Morgan fingerprint density at radius 3 is 1.50 bits per heavy atom. The predicted molar refractivity (Wildman–Crippen MR) is 94.8 cm³/mol. The Balaban J connectivity index is 2.34. The number of Topliss-reactive ketones (excluding diaryl/α,β-unsaturated/α-hetero) is 1. The Morgan fingerprint density at radius 2 is 1.14 bits per heavy atom. The summed E-state index contributed by atoms with van der Waals surface area (Å²) in [6.45, 7) is 3.63. The average Bonchev–Trinajstić information content (AvgIpc) is 2.50. The lowest BCUT2D eigenvalue weighted by Crippen LogP contribution is -2.17. The highest BCUT2D eigenvalue weighted by Crippen LogP contribution is 2.35. The molecule has 0 aliphatic rings. The minimum atomic E-state index is -0.392. The van der Waals surface area contributed by atoms with Gasteiger partial charge in [-0.2, -0.15) is 0 Å². The lowest BCUT2D eigenvalue weighted by Gasteiger charge is -2.19. The van der Waals surface area contributed by atoms with Crippen LogP contribution >= 0.6 is 46.4 Å². The Bertz CT molecular complexity index is 652. The van der Waals surface area contributed by atoms with E-state index >= 15 is 0 Å². The van der Waals surface area contributed by atoms with E-state index in [-0.39, 0.29) is 5.78 Å². The first-order chi connectivity index (χ1) is 10.3. The van der Waals surface area contributed by atoms with Crippen molar-refractivity contribution in [1.82, 2.24) is 0 Å². The van der Waals surface area contributed by atoms with Gasteiger partial charge in [0, 0.05) is 31.9 Å². The first-order valence-electron chi connectivity index (χ1n) is 6.75. The van der Waals surface area contributed by atoms with Crippen LogP contribution in [0.25, 0.3) is 0 Å². The molecule has 0 aliphatic carbocycles. The summed E-state index contributed by atoms with van der Waals surface area (Å²) < 4.78 is 0. The quantitative estimate of drug-likeness (QED) is 0.575. The van der Waals surface area contributed by atoms with Crippen LogP contribution in [0.5, 0.6) is 0 Å². The average molecular weight is 376 g/mol. The number of ketones is 1. The number of hydrogen-bond donors (Lipinski definition) is 0. The third-order valence-corrected chi connectivity index (χ3v) is 4.86. The second kappa shape index (κ2) is 7.23. The van der Waals surface area contributed by atoms with Crippen LogP contribution in [0, 0.1) is 0 Å². The summed E-state index contributed by atoms with van der Waals surface area (Å²) in [7, 11) is 0. The van der Waals surface area contributed by atoms with Gasteiger partial charge in [-0.25, -0.2) is 0 Å². The smallest absolute Gasteiger partial charge is 0.147 e. The molecule has 0 aromatic heterocycles. The van der Waals surface area contributed by atoms with Crippen LogP contribution in [0.2, 0.25) is 20.1 Å². The standard InChI is InChI=1S/C17H14Cl4O/c1-9(13-7-11(18)3-5-15(13)20)17(22)10(2)14-8-12(19)4-6-16(14)21/h3-10H,1-2H3. The van der Waals surface area contributed by atoms with Crippen molar-refractivity contribution in [2.75, 3.05) is 0 Å². The highest BCUT2D eigenvalue weighted by molar-refractivity contribution is 6.34. The second-order valence-corrected chi connectivity index (χ2v) is 6.86. The summed E-state index contributed by atoms with van der Waals surface area (Å²) in [6, 6.07) is 10.2. The minimum absolute atomic E-state index is 0.00772. The van der Waals surface area contributed by atoms with E-state index in [9.17, 15) is 4.79 Å². The van der Waals surface area contributed by atoms with E-state index in [0.717, 1.165) is 0 Å². The molecule has 0 radical (unpaired) electrons. The zero-order valence-electron chi connectivity index (χ0n) is 12.0. The van der Waals surface area contributed by atoms with E-state index in [1.807, 2.05) is 13.8 Å². The third-order valence-electron chi connectivity index (χ3n) is 3.70. The first-order valence-corrected chi connectivity index (χ1v) is 8.26. The monoisotopic (exact) mass is 374 g/mol. The SMILES string of the molecule is CC(C(=O)C(C)c1cc(Cl)ccc1Cl)c1cc(Cl)ccc1Cl. The van der Waals surface area contributed by atoms with Crippen LogP contribution < -0.4 is 0 Å². The van der Waals surface area contributed by atoms with Gasteiger partial charge in [-0.15, -0.1) is 0 Å². The maximum atomic E-state index is 12.8. The van der Waals surface area contributed by atoms with E-state index in [4.69, 9.17) is 46.4 Å². The summed E-state index contributed by atoms with van der Waals surface area (Å²) in [6.07, 6.45) is 0. The van der Waals surface area contributed by atoms with E-state index in [1.165, 1.54) is 0 Å². The molecule has 0 fully saturated rings. The highest BCUT2D eigenvalue weighted by atomic mass is 35.5. The topological polar surface area (TPSA) is 17.1 Å². The molecule has 2 aromatic carbocycles. The maximum Gasteiger partial charge on any atom is 0.147 e. The van der Waals surface area contributed by atoms with E-state index < -0.39 is 11.8 Å². The Labute approximate surface area is 150 Å². The van der Waals surface area contributed by atoms with Crippen molar-refractivity contribution < 1.29 is 4.79 Å². The summed E-state index contributed by atoms with van der Waals surface area (Å²) in [5.41, 5.74) is 1.42. The highest BCUT2D eigenvalue weighted by Gasteiger charge is 2.26. The molecule has 0 amide bonds. The maximum absolute atomic E-state index is 12.8. The minimum Gasteiger partial charge on any atom is -0.298 e. The van der Waals surface area contributed by atoms with Crippen molar-refractivity contribution >= 4 is 52.2 Å². The van der Waals surface area contributed by atoms with Crippen LogP contribution in [-0.4, -0.2) is 5.78 Å². The number of carbonyl (C=O) groups is 1. The van der Waals surface area contributed by atoms with Gasteiger partial charge >= 0.3 is 0 Å². The normalized spacial score (nSPS) is 13.7. The number of hydrogen-bond acceptors (Lipinski definition) is 1. The molecule has 0 N–H and O–H groups in total. The molecule has 0 bridgehead atoms. The summed E-state index contributed by atoms with van der Waals surface area (Å²) in [5.74, 6) is -0.777. The molecule has 0 aliphatic heterocycles. The fraction of sp³-hybridized carbons (Fsp3) is 0.235. The largest absolute Gasteiger partial charge is 0.298 e. The van der Waals surface area contributed by atoms with E-state index in [1.54, 1.807) is 36.4 Å². The van der Waals surface area contributed by atoms with Crippen LogP contribution in [0.4, 0.5) is 0 Å². The number of rotatable bonds is 4. The molecule has 0 heterocycles. The van der Waals surface area contributed by atoms with E-state index in [0.29, 0.717) is 31.2 Å².